The van der Waals surface area contributed by atoms with Crippen molar-refractivity contribution >= 4 is 11.7 Å². The number of hydrogen-bond donors (Lipinski definition) is 1. The Morgan fingerprint density at radius 1 is 1.42 bits per heavy atom. The number of carbonyl (C=O) groups excluding carboxylic acids is 1. The first-order valence-corrected chi connectivity index (χ1v) is 8.31. The van der Waals surface area contributed by atoms with E-state index in [4.69, 9.17) is 10.5 Å². The van der Waals surface area contributed by atoms with Crippen molar-refractivity contribution in [1.82, 2.24) is 14.9 Å². The largest absolute Gasteiger partial charge is 0.377 e. The molecule has 24 heavy (non-hydrogen) atoms. The quantitative estimate of drug-likeness (QED) is 0.868. The van der Waals surface area contributed by atoms with Gasteiger partial charge in [0, 0.05) is 51.1 Å². The van der Waals surface area contributed by atoms with Crippen LogP contribution in [-0.4, -0.2) is 66.2 Å². The molecule has 1 aliphatic rings. The molecular weight excluding hydrogens is 306 g/mol. The summed E-state index contributed by atoms with van der Waals surface area (Å²) in [5.41, 5.74) is 7.41. The Morgan fingerprint density at radius 3 is 2.62 bits per heavy atom. The minimum atomic E-state index is -0.422. The molecule has 2 rings (SSSR count). The fraction of sp³-hybridized carbons (Fsp3) is 0.706. The summed E-state index contributed by atoms with van der Waals surface area (Å²) in [5, 5.41) is 0. The van der Waals surface area contributed by atoms with Crippen LogP contribution in [0.3, 0.4) is 0 Å². The van der Waals surface area contributed by atoms with Crippen LogP contribution in [0.5, 0.6) is 0 Å². The van der Waals surface area contributed by atoms with E-state index < -0.39 is 5.60 Å². The lowest BCUT2D eigenvalue weighted by atomic mass is 10.1. The summed E-state index contributed by atoms with van der Waals surface area (Å²) in [6, 6.07) is 0.156. The fourth-order valence-electron chi connectivity index (χ4n) is 2.88. The van der Waals surface area contributed by atoms with Crippen molar-refractivity contribution in [2.75, 3.05) is 38.7 Å². The summed E-state index contributed by atoms with van der Waals surface area (Å²) in [4.78, 5) is 25.4. The molecule has 2 heterocycles. The standard InChI is InChI=1S/C17H29N5O2/c1-11-12(2)19-14(16(23)21(5)10-17(3,4)24-6)20-15(11)22-8-7-13(18)9-22/h13H,7-10,18H2,1-6H3/t13-/m1/s1. The van der Waals surface area contributed by atoms with Crippen molar-refractivity contribution in [3.8, 4) is 0 Å². The Hall–Kier alpha value is -1.73. The number of hydrogen-bond acceptors (Lipinski definition) is 6. The van der Waals surface area contributed by atoms with Crippen molar-refractivity contribution in [3.63, 3.8) is 0 Å². The van der Waals surface area contributed by atoms with Crippen molar-refractivity contribution in [2.24, 2.45) is 5.73 Å². The van der Waals surface area contributed by atoms with Gasteiger partial charge in [0.1, 0.15) is 5.82 Å². The number of amides is 1. The Labute approximate surface area is 144 Å². The van der Waals surface area contributed by atoms with E-state index in [1.54, 1.807) is 19.1 Å². The zero-order valence-electron chi connectivity index (χ0n) is 15.6. The molecule has 1 aromatic rings. The molecule has 1 atom stereocenters. The van der Waals surface area contributed by atoms with E-state index in [1.807, 2.05) is 27.7 Å². The maximum absolute atomic E-state index is 12.7. The first kappa shape index (κ1) is 18.6. The number of carbonyl (C=O) groups is 1. The molecule has 0 unspecified atom stereocenters. The van der Waals surface area contributed by atoms with E-state index in [0.717, 1.165) is 36.6 Å². The Balaban J connectivity index is 2.27. The zero-order valence-corrected chi connectivity index (χ0v) is 15.6. The first-order valence-electron chi connectivity index (χ1n) is 8.31. The number of ether oxygens (including phenoxy) is 1. The topological polar surface area (TPSA) is 84.6 Å². The predicted molar refractivity (Wildman–Crippen MR) is 94.4 cm³/mol. The molecule has 0 saturated carbocycles. The number of nitrogens with two attached hydrogens (primary N) is 1. The lowest BCUT2D eigenvalue weighted by molar-refractivity contribution is -0.000610. The smallest absolute Gasteiger partial charge is 0.291 e. The highest BCUT2D eigenvalue weighted by Crippen LogP contribution is 2.24. The lowest BCUT2D eigenvalue weighted by Crippen LogP contribution is -2.41. The fourth-order valence-corrected chi connectivity index (χ4v) is 2.88. The SMILES string of the molecule is COC(C)(C)CN(C)C(=O)c1nc(C)c(C)c(N2CC[C@@H](N)C2)n1. The highest BCUT2D eigenvalue weighted by molar-refractivity contribution is 5.91. The average molecular weight is 335 g/mol. The lowest BCUT2D eigenvalue weighted by Gasteiger charge is -2.29. The third-order valence-electron chi connectivity index (χ3n) is 4.60. The van der Waals surface area contributed by atoms with Gasteiger partial charge in [-0.3, -0.25) is 4.79 Å². The molecular formula is C17H29N5O2. The molecule has 134 valence electrons. The Morgan fingerprint density at radius 2 is 2.08 bits per heavy atom. The van der Waals surface area contributed by atoms with Crippen LogP contribution in [0.25, 0.3) is 0 Å². The minimum absolute atomic E-state index is 0.156. The second kappa shape index (κ2) is 7.03. The highest BCUT2D eigenvalue weighted by atomic mass is 16.5. The molecule has 0 spiro atoms. The van der Waals surface area contributed by atoms with Gasteiger partial charge in [-0.15, -0.1) is 0 Å². The van der Waals surface area contributed by atoms with Crippen LogP contribution < -0.4 is 10.6 Å². The number of nitrogens with zero attached hydrogens (tertiary/aromatic N) is 4. The average Bonchev–Trinajstić information content (AvgIpc) is 2.95. The number of anilines is 1. The second-order valence-electron chi connectivity index (χ2n) is 7.20. The van der Waals surface area contributed by atoms with Crippen LogP contribution in [0.4, 0.5) is 5.82 Å². The van der Waals surface area contributed by atoms with Crippen LogP contribution in [0.2, 0.25) is 0 Å². The van der Waals surface area contributed by atoms with Gasteiger partial charge in [-0.05, 0) is 34.1 Å². The molecule has 7 heteroatoms. The van der Waals surface area contributed by atoms with Gasteiger partial charge in [-0.2, -0.15) is 0 Å². The molecule has 0 bridgehead atoms. The molecule has 1 aliphatic heterocycles. The monoisotopic (exact) mass is 335 g/mol. The predicted octanol–water partition coefficient (Wildman–Crippen LogP) is 1.13. The van der Waals surface area contributed by atoms with E-state index in [2.05, 4.69) is 14.9 Å². The van der Waals surface area contributed by atoms with E-state index >= 15 is 0 Å². The summed E-state index contributed by atoms with van der Waals surface area (Å²) in [6.45, 7) is 9.86. The molecule has 7 nitrogen and oxygen atoms in total. The summed E-state index contributed by atoms with van der Waals surface area (Å²) < 4.78 is 5.40. The van der Waals surface area contributed by atoms with Gasteiger partial charge < -0.3 is 20.3 Å². The Kier molecular flexibility index (Phi) is 5.45. The summed E-state index contributed by atoms with van der Waals surface area (Å²) in [5.74, 6) is 0.842. The van der Waals surface area contributed by atoms with Gasteiger partial charge in [0.2, 0.25) is 5.82 Å². The number of rotatable bonds is 5. The third-order valence-corrected chi connectivity index (χ3v) is 4.60. The van der Waals surface area contributed by atoms with Crippen LogP contribution in [0.15, 0.2) is 0 Å². The van der Waals surface area contributed by atoms with Crippen molar-refractivity contribution in [3.05, 3.63) is 17.1 Å². The van der Waals surface area contributed by atoms with Crippen LogP contribution >= 0.6 is 0 Å². The van der Waals surface area contributed by atoms with E-state index in [0.29, 0.717) is 6.54 Å². The van der Waals surface area contributed by atoms with Crippen LogP contribution in [-0.2, 0) is 4.74 Å². The minimum Gasteiger partial charge on any atom is -0.377 e. The molecule has 0 aromatic carbocycles. The molecule has 0 radical (unpaired) electrons. The van der Waals surface area contributed by atoms with Gasteiger partial charge >= 0.3 is 0 Å². The van der Waals surface area contributed by atoms with Gasteiger partial charge in [0.05, 0.1) is 5.60 Å². The normalized spacial score (nSPS) is 18.1. The molecule has 2 N–H and O–H groups in total. The highest BCUT2D eigenvalue weighted by Gasteiger charge is 2.27. The van der Waals surface area contributed by atoms with Gasteiger partial charge in [0.15, 0.2) is 0 Å². The van der Waals surface area contributed by atoms with Gasteiger partial charge in [0.25, 0.3) is 5.91 Å². The van der Waals surface area contributed by atoms with E-state index in [1.165, 1.54) is 0 Å². The van der Waals surface area contributed by atoms with Crippen molar-refractivity contribution < 1.29 is 9.53 Å². The molecule has 1 saturated heterocycles. The molecule has 1 fully saturated rings. The first-order chi connectivity index (χ1) is 11.1. The van der Waals surface area contributed by atoms with E-state index in [-0.39, 0.29) is 17.8 Å². The number of likely N-dealkylation sites (N-methyl/N-ethyl adjacent to an activating group) is 1. The zero-order chi connectivity index (χ0) is 18.1. The third kappa shape index (κ3) is 4.02. The van der Waals surface area contributed by atoms with Crippen LogP contribution in [0, 0.1) is 13.8 Å². The van der Waals surface area contributed by atoms with Crippen LogP contribution in [0.1, 0.15) is 42.1 Å². The number of methoxy groups -OCH3 is 1. The Bertz CT molecular complexity index is 617. The molecule has 1 aromatic heterocycles. The second-order valence-corrected chi connectivity index (χ2v) is 7.20. The summed E-state index contributed by atoms with van der Waals surface area (Å²) in [6.07, 6.45) is 0.938. The van der Waals surface area contributed by atoms with Crippen molar-refractivity contribution in [2.45, 2.75) is 45.8 Å². The maximum Gasteiger partial charge on any atom is 0.291 e. The number of aryl methyl sites for hydroxylation is 1. The van der Waals surface area contributed by atoms with E-state index in [9.17, 15) is 4.79 Å². The maximum atomic E-state index is 12.7. The number of aromatic nitrogens is 2. The molecule has 0 aliphatic carbocycles. The summed E-state index contributed by atoms with van der Waals surface area (Å²) in [7, 11) is 3.38. The van der Waals surface area contributed by atoms with Gasteiger partial charge in [-0.1, -0.05) is 0 Å². The summed E-state index contributed by atoms with van der Waals surface area (Å²) >= 11 is 0. The molecule has 1 amide bonds. The van der Waals surface area contributed by atoms with Gasteiger partial charge in [-0.25, -0.2) is 9.97 Å². The van der Waals surface area contributed by atoms with Crippen molar-refractivity contribution in [1.29, 1.82) is 0 Å².